The van der Waals surface area contributed by atoms with Gasteiger partial charge in [-0.1, -0.05) is 0 Å². The van der Waals surface area contributed by atoms with Crippen molar-refractivity contribution in [3.8, 4) is 0 Å². The Morgan fingerprint density at radius 3 is 2.62 bits per heavy atom. The molecule has 3 heteroatoms. The predicted molar refractivity (Wildman–Crippen MR) is 46.2 cm³/mol. The van der Waals surface area contributed by atoms with Crippen molar-refractivity contribution in [3.05, 3.63) is 0 Å². The number of Topliss-reactive ketones (excluding diaryl/α,β-unsaturated/α-hetero) is 2. The van der Waals surface area contributed by atoms with Crippen LogP contribution in [-0.2, 0) is 9.59 Å². The van der Waals surface area contributed by atoms with E-state index in [4.69, 9.17) is 0 Å². The molecule has 2 saturated carbocycles. The fourth-order valence-electron chi connectivity index (χ4n) is 2.59. The normalized spacial score (nSPS) is 45.1. The zero-order valence-corrected chi connectivity index (χ0v) is 7.80. The SMILES string of the molecule is CC12CCC(=O)CC1(O)CCC2=O. The van der Waals surface area contributed by atoms with Gasteiger partial charge in [-0.25, -0.2) is 0 Å². The van der Waals surface area contributed by atoms with Gasteiger partial charge < -0.3 is 5.11 Å². The molecule has 0 aliphatic heterocycles. The molecule has 2 fully saturated rings. The second-order valence-electron chi connectivity index (χ2n) is 4.50. The van der Waals surface area contributed by atoms with Crippen LogP contribution >= 0.6 is 0 Å². The minimum absolute atomic E-state index is 0.0923. The van der Waals surface area contributed by atoms with Gasteiger partial charge in [-0.2, -0.15) is 0 Å². The van der Waals surface area contributed by atoms with Crippen LogP contribution in [0.1, 0.15) is 39.0 Å². The lowest BCUT2D eigenvalue weighted by Crippen LogP contribution is -2.50. The molecule has 0 amide bonds. The quantitative estimate of drug-likeness (QED) is 0.604. The molecule has 0 radical (unpaired) electrons. The Bertz CT molecular complexity index is 284. The molecular formula is C10H14O3. The Morgan fingerprint density at radius 2 is 1.92 bits per heavy atom. The van der Waals surface area contributed by atoms with Crippen molar-refractivity contribution in [2.45, 2.75) is 44.6 Å². The van der Waals surface area contributed by atoms with Crippen LogP contribution in [0.4, 0.5) is 0 Å². The fraction of sp³-hybridized carbons (Fsp3) is 0.800. The zero-order valence-electron chi connectivity index (χ0n) is 7.80. The molecule has 2 atom stereocenters. The number of carbonyl (C=O) groups is 2. The summed E-state index contributed by atoms with van der Waals surface area (Å²) in [5.41, 5.74) is -1.67. The average molecular weight is 182 g/mol. The number of aliphatic hydroxyl groups is 1. The fourth-order valence-corrected chi connectivity index (χ4v) is 2.59. The van der Waals surface area contributed by atoms with Crippen LogP contribution < -0.4 is 0 Å². The van der Waals surface area contributed by atoms with Crippen LogP contribution in [0.15, 0.2) is 0 Å². The van der Waals surface area contributed by atoms with Gasteiger partial charge in [-0.15, -0.1) is 0 Å². The highest BCUT2D eigenvalue weighted by atomic mass is 16.3. The van der Waals surface area contributed by atoms with E-state index in [1.165, 1.54) is 0 Å². The van der Waals surface area contributed by atoms with Crippen molar-refractivity contribution in [2.75, 3.05) is 0 Å². The van der Waals surface area contributed by atoms with Crippen molar-refractivity contribution in [1.29, 1.82) is 0 Å². The van der Waals surface area contributed by atoms with Crippen molar-refractivity contribution in [1.82, 2.24) is 0 Å². The van der Waals surface area contributed by atoms with Crippen LogP contribution in [0.5, 0.6) is 0 Å². The zero-order chi connectivity index (χ0) is 9.69. The molecule has 0 heterocycles. The van der Waals surface area contributed by atoms with Crippen molar-refractivity contribution in [2.24, 2.45) is 5.41 Å². The molecule has 0 bridgehead atoms. The van der Waals surface area contributed by atoms with Crippen LogP contribution in [0, 0.1) is 5.41 Å². The summed E-state index contributed by atoms with van der Waals surface area (Å²) in [5, 5.41) is 10.2. The molecule has 13 heavy (non-hydrogen) atoms. The van der Waals surface area contributed by atoms with E-state index in [0.717, 1.165) is 0 Å². The van der Waals surface area contributed by atoms with Gasteiger partial charge >= 0.3 is 0 Å². The van der Waals surface area contributed by atoms with Crippen molar-refractivity contribution in [3.63, 3.8) is 0 Å². The third kappa shape index (κ3) is 0.998. The number of hydrogen-bond donors (Lipinski definition) is 1. The van der Waals surface area contributed by atoms with Gasteiger partial charge in [-0.05, 0) is 19.8 Å². The lowest BCUT2D eigenvalue weighted by Gasteiger charge is -2.41. The van der Waals surface area contributed by atoms with Gasteiger partial charge in [0.25, 0.3) is 0 Å². The monoisotopic (exact) mass is 182 g/mol. The lowest BCUT2D eigenvalue weighted by molar-refractivity contribution is -0.148. The van der Waals surface area contributed by atoms with E-state index in [1.807, 2.05) is 0 Å². The first-order valence-electron chi connectivity index (χ1n) is 4.75. The van der Waals surface area contributed by atoms with Crippen LogP contribution in [0.3, 0.4) is 0 Å². The number of fused-ring (bicyclic) bond motifs is 1. The summed E-state index contributed by atoms with van der Waals surface area (Å²) in [6.45, 7) is 1.80. The Labute approximate surface area is 77.1 Å². The van der Waals surface area contributed by atoms with Crippen LogP contribution in [0.2, 0.25) is 0 Å². The smallest absolute Gasteiger partial charge is 0.141 e. The van der Waals surface area contributed by atoms with Gasteiger partial charge in [0.1, 0.15) is 11.6 Å². The highest BCUT2D eigenvalue weighted by Crippen LogP contribution is 2.51. The number of rotatable bonds is 0. The first kappa shape index (κ1) is 8.88. The van der Waals surface area contributed by atoms with E-state index >= 15 is 0 Å². The number of carbonyl (C=O) groups excluding carboxylic acids is 2. The Hall–Kier alpha value is -0.700. The molecule has 0 aromatic carbocycles. The van der Waals surface area contributed by atoms with E-state index in [9.17, 15) is 14.7 Å². The van der Waals surface area contributed by atoms with E-state index in [0.29, 0.717) is 25.7 Å². The molecule has 3 nitrogen and oxygen atoms in total. The Morgan fingerprint density at radius 1 is 1.23 bits per heavy atom. The maximum Gasteiger partial charge on any atom is 0.141 e. The van der Waals surface area contributed by atoms with Gasteiger partial charge in [0.2, 0.25) is 0 Å². The number of hydrogen-bond acceptors (Lipinski definition) is 3. The van der Waals surface area contributed by atoms with E-state index in [1.54, 1.807) is 6.92 Å². The molecule has 0 spiro atoms. The molecule has 0 aromatic heterocycles. The summed E-state index contributed by atoms with van der Waals surface area (Å²) in [4.78, 5) is 22.8. The highest BCUT2D eigenvalue weighted by molar-refractivity contribution is 5.93. The maximum absolute atomic E-state index is 11.6. The molecule has 2 aliphatic carbocycles. The van der Waals surface area contributed by atoms with Gasteiger partial charge in [0.15, 0.2) is 0 Å². The maximum atomic E-state index is 11.6. The van der Waals surface area contributed by atoms with Gasteiger partial charge in [0.05, 0.1) is 11.0 Å². The topological polar surface area (TPSA) is 54.4 Å². The minimum Gasteiger partial charge on any atom is -0.388 e. The van der Waals surface area contributed by atoms with Gasteiger partial charge in [0, 0.05) is 19.3 Å². The van der Waals surface area contributed by atoms with Crippen LogP contribution in [-0.4, -0.2) is 22.3 Å². The second-order valence-corrected chi connectivity index (χ2v) is 4.50. The molecular weight excluding hydrogens is 168 g/mol. The standard InChI is InChI=1S/C10H14O3/c1-9-4-2-7(11)6-10(9,13)5-3-8(9)12/h13H,2-6H2,1H3. The van der Waals surface area contributed by atoms with Crippen LogP contribution in [0.25, 0.3) is 0 Å². The molecule has 2 rings (SSSR count). The average Bonchev–Trinajstić information content (AvgIpc) is 2.28. The summed E-state index contributed by atoms with van der Waals surface area (Å²) in [7, 11) is 0. The molecule has 2 unspecified atom stereocenters. The van der Waals surface area contributed by atoms with Crippen molar-refractivity contribution >= 4 is 11.6 Å². The highest BCUT2D eigenvalue weighted by Gasteiger charge is 2.58. The van der Waals surface area contributed by atoms with E-state index in [2.05, 4.69) is 0 Å². The third-order valence-corrected chi connectivity index (χ3v) is 3.80. The minimum atomic E-state index is -1.03. The first-order chi connectivity index (χ1) is 5.98. The Kier molecular flexibility index (Phi) is 1.65. The Balaban J connectivity index is 2.37. The summed E-state index contributed by atoms with van der Waals surface area (Å²) in [6.07, 6.45) is 2.05. The molecule has 72 valence electrons. The first-order valence-corrected chi connectivity index (χ1v) is 4.75. The third-order valence-electron chi connectivity index (χ3n) is 3.80. The largest absolute Gasteiger partial charge is 0.388 e. The van der Waals surface area contributed by atoms with E-state index in [-0.39, 0.29) is 18.0 Å². The molecule has 0 aromatic rings. The summed E-state index contributed by atoms with van der Waals surface area (Å²) in [5.74, 6) is 0.220. The van der Waals surface area contributed by atoms with E-state index < -0.39 is 11.0 Å². The lowest BCUT2D eigenvalue weighted by atomic mass is 9.65. The second kappa shape index (κ2) is 2.41. The molecule has 2 aliphatic rings. The van der Waals surface area contributed by atoms with Crippen molar-refractivity contribution < 1.29 is 14.7 Å². The van der Waals surface area contributed by atoms with Gasteiger partial charge in [-0.3, -0.25) is 9.59 Å². The number of ketones is 2. The molecule has 1 N–H and O–H groups in total. The summed E-state index contributed by atoms with van der Waals surface area (Å²) >= 11 is 0. The predicted octanol–water partition coefficient (Wildman–Crippen LogP) is 0.840. The molecule has 0 saturated heterocycles. The summed E-state index contributed by atoms with van der Waals surface area (Å²) in [6, 6.07) is 0. The summed E-state index contributed by atoms with van der Waals surface area (Å²) < 4.78 is 0.